The lowest BCUT2D eigenvalue weighted by Crippen LogP contribution is -2.47. The normalized spacial score (nSPS) is 18.5. The predicted octanol–water partition coefficient (Wildman–Crippen LogP) is 4.30. The maximum absolute atomic E-state index is 13.0. The van der Waals surface area contributed by atoms with Crippen molar-refractivity contribution in [2.75, 3.05) is 32.1 Å². The molecule has 1 fully saturated rings. The summed E-state index contributed by atoms with van der Waals surface area (Å²) >= 11 is 0. The molecular formula is C25H26N2O4. The lowest BCUT2D eigenvalue weighted by atomic mass is 10.1. The van der Waals surface area contributed by atoms with E-state index in [9.17, 15) is 4.79 Å². The van der Waals surface area contributed by atoms with Crippen molar-refractivity contribution in [3.63, 3.8) is 0 Å². The molecule has 0 aliphatic carbocycles. The first-order valence-corrected chi connectivity index (χ1v) is 10.2. The van der Waals surface area contributed by atoms with Crippen LogP contribution in [0.2, 0.25) is 0 Å². The van der Waals surface area contributed by atoms with Crippen LogP contribution in [0.25, 0.3) is 0 Å². The van der Waals surface area contributed by atoms with Gasteiger partial charge < -0.3 is 14.4 Å². The van der Waals surface area contributed by atoms with Crippen LogP contribution in [0, 0.1) is 0 Å². The van der Waals surface area contributed by atoms with Crippen LogP contribution in [0.5, 0.6) is 5.75 Å². The third-order valence-electron chi connectivity index (χ3n) is 5.02. The standard InChI is InChI=1S/C25H26N2O4/c1-26(2)21-15-13-20(14-16-21)25-30-23(18-29-22-11-7-4-8-12-22)17-27(31-25)24(28)19-9-5-3-6-10-19/h3-16,23,25H,17-18H2,1-2H3/t23-,25+/m1/s1. The monoisotopic (exact) mass is 418 g/mol. The SMILES string of the molecule is CN(C)c1ccc([C@H]2O[C@@H](COc3ccccc3)CN(C(=O)c3ccccc3)O2)cc1. The first-order valence-electron chi connectivity index (χ1n) is 10.2. The molecule has 2 atom stereocenters. The van der Waals surface area contributed by atoms with E-state index in [0.717, 1.165) is 17.0 Å². The zero-order valence-corrected chi connectivity index (χ0v) is 17.7. The number of anilines is 1. The van der Waals surface area contributed by atoms with Crippen molar-refractivity contribution >= 4 is 11.6 Å². The Balaban J connectivity index is 1.53. The van der Waals surface area contributed by atoms with Crippen molar-refractivity contribution in [3.05, 3.63) is 96.1 Å². The highest BCUT2D eigenvalue weighted by Crippen LogP contribution is 2.29. The van der Waals surface area contributed by atoms with Gasteiger partial charge in [-0.3, -0.25) is 4.79 Å². The third kappa shape index (κ3) is 5.23. The molecule has 3 aromatic carbocycles. The Kier molecular flexibility index (Phi) is 6.50. The molecule has 0 radical (unpaired) electrons. The van der Waals surface area contributed by atoms with E-state index < -0.39 is 6.29 Å². The molecule has 160 valence electrons. The average Bonchev–Trinajstić information content (AvgIpc) is 2.83. The van der Waals surface area contributed by atoms with E-state index in [1.807, 2.05) is 91.8 Å². The van der Waals surface area contributed by atoms with Crippen LogP contribution in [-0.2, 0) is 9.57 Å². The molecule has 0 aromatic heterocycles. The van der Waals surface area contributed by atoms with E-state index in [2.05, 4.69) is 0 Å². The Morgan fingerprint density at radius 2 is 1.61 bits per heavy atom. The van der Waals surface area contributed by atoms with E-state index in [1.54, 1.807) is 12.1 Å². The van der Waals surface area contributed by atoms with Gasteiger partial charge in [0.15, 0.2) is 0 Å². The molecule has 1 amide bonds. The maximum atomic E-state index is 13.0. The van der Waals surface area contributed by atoms with Crippen LogP contribution in [0.1, 0.15) is 22.2 Å². The van der Waals surface area contributed by atoms with Gasteiger partial charge in [0.25, 0.3) is 5.91 Å². The summed E-state index contributed by atoms with van der Waals surface area (Å²) in [5.74, 6) is 0.550. The van der Waals surface area contributed by atoms with Crippen LogP contribution in [0.15, 0.2) is 84.9 Å². The van der Waals surface area contributed by atoms with E-state index in [0.29, 0.717) is 12.2 Å². The Morgan fingerprint density at radius 1 is 0.968 bits per heavy atom. The minimum Gasteiger partial charge on any atom is -0.491 e. The number of carbonyl (C=O) groups excluding carboxylic acids is 1. The summed E-state index contributed by atoms with van der Waals surface area (Å²) in [5, 5.41) is 1.38. The predicted molar refractivity (Wildman–Crippen MR) is 119 cm³/mol. The summed E-state index contributed by atoms with van der Waals surface area (Å²) in [6.07, 6.45) is -1.05. The van der Waals surface area contributed by atoms with Gasteiger partial charge in [0, 0.05) is 30.9 Å². The minimum atomic E-state index is -0.706. The molecule has 6 nitrogen and oxygen atoms in total. The van der Waals surface area contributed by atoms with E-state index in [1.165, 1.54) is 5.06 Å². The van der Waals surface area contributed by atoms with Crippen molar-refractivity contribution in [1.29, 1.82) is 0 Å². The smallest absolute Gasteiger partial charge is 0.277 e. The van der Waals surface area contributed by atoms with Crippen LogP contribution in [0.3, 0.4) is 0 Å². The number of amides is 1. The van der Waals surface area contributed by atoms with Crippen LogP contribution in [0.4, 0.5) is 5.69 Å². The van der Waals surface area contributed by atoms with Crippen LogP contribution >= 0.6 is 0 Å². The zero-order chi connectivity index (χ0) is 21.6. The molecule has 0 saturated carbocycles. The van der Waals surface area contributed by atoms with Gasteiger partial charge in [-0.2, -0.15) is 0 Å². The molecule has 1 aliphatic rings. The second-order valence-electron chi connectivity index (χ2n) is 7.54. The Bertz CT molecular complexity index is 977. The fourth-order valence-corrected chi connectivity index (χ4v) is 3.31. The second-order valence-corrected chi connectivity index (χ2v) is 7.54. The number of hydrogen-bond acceptors (Lipinski definition) is 5. The lowest BCUT2D eigenvalue weighted by Gasteiger charge is -2.37. The highest BCUT2D eigenvalue weighted by Gasteiger charge is 2.33. The van der Waals surface area contributed by atoms with E-state index in [4.69, 9.17) is 14.3 Å². The Labute approximate surface area is 182 Å². The van der Waals surface area contributed by atoms with Gasteiger partial charge in [0.2, 0.25) is 6.29 Å². The third-order valence-corrected chi connectivity index (χ3v) is 5.02. The highest BCUT2D eigenvalue weighted by atomic mass is 16.8. The van der Waals surface area contributed by atoms with Gasteiger partial charge in [0.1, 0.15) is 18.5 Å². The van der Waals surface area contributed by atoms with Crippen LogP contribution < -0.4 is 9.64 Å². The molecule has 1 aliphatic heterocycles. The Hall–Kier alpha value is -3.35. The Morgan fingerprint density at radius 3 is 2.26 bits per heavy atom. The summed E-state index contributed by atoms with van der Waals surface area (Å²) in [5.41, 5.74) is 2.47. The molecule has 3 aromatic rings. The number of benzene rings is 3. The maximum Gasteiger partial charge on any atom is 0.277 e. The largest absolute Gasteiger partial charge is 0.491 e. The van der Waals surface area contributed by atoms with Crippen molar-refractivity contribution in [2.45, 2.75) is 12.4 Å². The lowest BCUT2D eigenvalue weighted by molar-refractivity contribution is -0.325. The fourth-order valence-electron chi connectivity index (χ4n) is 3.31. The molecule has 1 heterocycles. The quantitative estimate of drug-likeness (QED) is 0.597. The summed E-state index contributed by atoms with van der Waals surface area (Å²) in [7, 11) is 3.97. The summed E-state index contributed by atoms with van der Waals surface area (Å²) in [4.78, 5) is 21.0. The number of rotatable bonds is 6. The van der Waals surface area contributed by atoms with Gasteiger partial charge in [-0.1, -0.05) is 48.5 Å². The molecule has 0 N–H and O–H groups in total. The van der Waals surface area contributed by atoms with Crippen LogP contribution in [-0.4, -0.2) is 44.3 Å². The van der Waals surface area contributed by atoms with Crippen molar-refractivity contribution < 1.29 is 19.1 Å². The molecule has 4 rings (SSSR count). The first kappa shape index (κ1) is 20.9. The van der Waals surface area contributed by atoms with Gasteiger partial charge in [0.05, 0.1) is 6.54 Å². The number of carbonyl (C=O) groups is 1. The molecule has 0 unspecified atom stereocenters. The topological polar surface area (TPSA) is 51.2 Å². The molecule has 0 bridgehead atoms. The zero-order valence-electron chi connectivity index (χ0n) is 17.7. The van der Waals surface area contributed by atoms with Gasteiger partial charge >= 0.3 is 0 Å². The molecule has 6 heteroatoms. The first-order chi connectivity index (χ1) is 15.1. The highest BCUT2D eigenvalue weighted by molar-refractivity contribution is 5.93. The fraction of sp³-hybridized carbons (Fsp3) is 0.240. The van der Waals surface area contributed by atoms with E-state index in [-0.39, 0.29) is 18.6 Å². The average molecular weight is 418 g/mol. The van der Waals surface area contributed by atoms with Gasteiger partial charge in [-0.25, -0.2) is 9.90 Å². The van der Waals surface area contributed by atoms with Gasteiger partial charge in [-0.15, -0.1) is 0 Å². The molecular weight excluding hydrogens is 392 g/mol. The minimum absolute atomic E-state index is 0.205. The summed E-state index contributed by atoms with van der Waals surface area (Å²) in [6.45, 7) is 0.574. The summed E-state index contributed by atoms with van der Waals surface area (Å²) < 4.78 is 12.0. The number of para-hydroxylation sites is 1. The van der Waals surface area contributed by atoms with E-state index >= 15 is 0 Å². The summed E-state index contributed by atoms with van der Waals surface area (Å²) in [6, 6.07) is 26.5. The van der Waals surface area contributed by atoms with Crippen molar-refractivity contribution in [3.8, 4) is 5.75 Å². The molecule has 0 spiro atoms. The molecule has 1 saturated heterocycles. The number of hydrogen-bond donors (Lipinski definition) is 0. The van der Waals surface area contributed by atoms with Crippen molar-refractivity contribution in [1.82, 2.24) is 5.06 Å². The molecule has 31 heavy (non-hydrogen) atoms. The number of ether oxygens (including phenoxy) is 2. The number of hydroxylamine groups is 2. The van der Waals surface area contributed by atoms with Gasteiger partial charge in [-0.05, 0) is 36.4 Å². The van der Waals surface area contributed by atoms with Crippen molar-refractivity contribution in [2.24, 2.45) is 0 Å². The second kappa shape index (κ2) is 9.64. The number of nitrogens with zero attached hydrogens (tertiary/aromatic N) is 2.